The number of anilines is 1. The first kappa shape index (κ1) is 23.3. The monoisotopic (exact) mass is 493 g/mol. The molecule has 2 atom stereocenters. The number of nitrogens with one attached hydrogen (secondary N) is 1. The molecule has 5 rings (SSSR count). The molecule has 182 valence electrons. The van der Waals surface area contributed by atoms with E-state index in [0.717, 1.165) is 12.0 Å². The molecule has 3 heterocycles. The van der Waals surface area contributed by atoms with Gasteiger partial charge in [-0.05, 0) is 48.2 Å². The second kappa shape index (κ2) is 9.31. The highest BCUT2D eigenvalue weighted by Gasteiger charge is 2.40. The summed E-state index contributed by atoms with van der Waals surface area (Å²) < 4.78 is 35.0. The molecule has 1 amide bonds. The molecule has 2 bridgehead atoms. The number of nitrogens with zero attached hydrogens (tertiary/aromatic N) is 2. The van der Waals surface area contributed by atoms with Crippen LogP contribution in [0.3, 0.4) is 0 Å². The zero-order chi connectivity index (χ0) is 24.6. The van der Waals surface area contributed by atoms with E-state index in [4.69, 9.17) is 4.74 Å². The Labute approximate surface area is 204 Å². The third kappa shape index (κ3) is 4.61. The van der Waals surface area contributed by atoms with E-state index in [2.05, 4.69) is 5.32 Å². The second-order valence-electron chi connectivity index (χ2n) is 9.09. The molecule has 1 aromatic heterocycles. The molecule has 2 aliphatic heterocycles. The Morgan fingerprint density at radius 1 is 1.00 bits per heavy atom. The molecular formula is C26H27N3O5S. The summed E-state index contributed by atoms with van der Waals surface area (Å²) in [7, 11) is -2.06. The normalized spacial score (nSPS) is 19.6. The Morgan fingerprint density at radius 2 is 1.74 bits per heavy atom. The van der Waals surface area contributed by atoms with Gasteiger partial charge in [0.05, 0.1) is 24.1 Å². The van der Waals surface area contributed by atoms with Gasteiger partial charge in [-0.3, -0.25) is 9.59 Å². The van der Waals surface area contributed by atoms with Gasteiger partial charge in [-0.25, -0.2) is 8.42 Å². The molecule has 35 heavy (non-hydrogen) atoms. The number of hydrogen-bond donors (Lipinski definition) is 1. The van der Waals surface area contributed by atoms with Gasteiger partial charge in [0.2, 0.25) is 15.9 Å². The van der Waals surface area contributed by atoms with Crippen molar-refractivity contribution < 1.29 is 17.9 Å². The van der Waals surface area contributed by atoms with Gasteiger partial charge in [0.25, 0.3) is 5.56 Å². The molecule has 0 radical (unpaired) electrons. The van der Waals surface area contributed by atoms with Crippen LogP contribution in [-0.2, 0) is 27.8 Å². The Bertz CT molecular complexity index is 1400. The average Bonchev–Trinajstić information content (AvgIpc) is 2.86. The van der Waals surface area contributed by atoms with Gasteiger partial charge in [0.15, 0.2) is 0 Å². The lowest BCUT2D eigenvalue weighted by Gasteiger charge is -2.42. The first-order valence-electron chi connectivity index (χ1n) is 11.6. The third-order valence-electron chi connectivity index (χ3n) is 6.74. The number of rotatable bonds is 6. The molecule has 2 aliphatic rings. The van der Waals surface area contributed by atoms with Gasteiger partial charge < -0.3 is 14.6 Å². The second-order valence-corrected chi connectivity index (χ2v) is 11.0. The van der Waals surface area contributed by atoms with Crippen LogP contribution in [0, 0.1) is 5.92 Å². The maximum absolute atomic E-state index is 13.3. The van der Waals surface area contributed by atoms with E-state index in [9.17, 15) is 18.0 Å². The minimum Gasteiger partial charge on any atom is -0.497 e. The molecule has 0 unspecified atom stereocenters. The first-order valence-corrected chi connectivity index (χ1v) is 13.0. The lowest BCUT2D eigenvalue weighted by Crippen LogP contribution is -2.49. The molecule has 8 nitrogen and oxygen atoms in total. The number of pyridine rings is 1. The summed E-state index contributed by atoms with van der Waals surface area (Å²) in [5.41, 5.74) is 1.96. The quantitative estimate of drug-likeness (QED) is 0.570. The number of piperidine rings is 1. The standard InChI is InChI=1S/C26H27N3O5S/c1-34-21-9-7-18(8-10-21)14-24(30)27-23-11-12-25(31)29-16-19-13-20(26(23)29)17-28(15-19)35(32,33)22-5-3-2-4-6-22/h2-12,19-20H,13-17H2,1H3,(H,27,30)/t19-,20+/m0/s1. The number of carbonyl (C=O) groups excluding carboxylic acids is 1. The molecule has 1 fully saturated rings. The summed E-state index contributed by atoms with van der Waals surface area (Å²) in [5.74, 6) is 0.352. The summed E-state index contributed by atoms with van der Waals surface area (Å²) >= 11 is 0. The molecule has 3 aromatic rings. The minimum absolute atomic E-state index is 0.0303. The summed E-state index contributed by atoms with van der Waals surface area (Å²) in [4.78, 5) is 25.8. The fourth-order valence-electron chi connectivity index (χ4n) is 5.14. The molecule has 1 saturated heterocycles. The van der Waals surface area contributed by atoms with Crippen LogP contribution in [0.4, 0.5) is 5.69 Å². The largest absolute Gasteiger partial charge is 0.497 e. The zero-order valence-corrected chi connectivity index (χ0v) is 20.2. The van der Waals surface area contributed by atoms with Gasteiger partial charge in [0, 0.05) is 37.3 Å². The Morgan fingerprint density at radius 3 is 2.46 bits per heavy atom. The van der Waals surface area contributed by atoms with Crippen molar-refractivity contribution in [3.05, 3.63) is 88.3 Å². The minimum atomic E-state index is -3.65. The summed E-state index contributed by atoms with van der Waals surface area (Å²) in [6.07, 6.45) is 0.940. The van der Waals surface area contributed by atoms with Crippen molar-refractivity contribution >= 4 is 21.6 Å². The van der Waals surface area contributed by atoms with E-state index < -0.39 is 10.0 Å². The van der Waals surface area contributed by atoms with Crippen LogP contribution in [-0.4, -0.2) is 43.4 Å². The Kier molecular flexibility index (Phi) is 6.21. The van der Waals surface area contributed by atoms with Crippen molar-refractivity contribution in [3.63, 3.8) is 0 Å². The topological polar surface area (TPSA) is 97.7 Å². The van der Waals surface area contributed by atoms with E-state index >= 15 is 0 Å². The zero-order valence-electron chi connectivity index (χ0n) is 19.4. The Balaban J connectivity index is 1.41. The summed E-state index contributed by atoms with van der Waals surface area (Å²) in [6, 6.07) is 18.8. The molecule has 1 N–H and O–H groups in total. The van der Waals surface area contributed by atoms with Crippen LogP contribution >= 0.6 is 0 Å². The van der Waals surface area contributed by atoms with Crippen molar-refractivity contribution in [1.29, 1.82) is 0 Å². The van der Waals surface area contributed by atoms with Crippen LogP contribution in [0.1, 0.15) is 23.6 Å². The number of carbonyl (C=O) groups is 1. The predicted molar refractivity (Wildman–Crippen MR) is 132 cm³/mol. The molecule has 0 spiro atoms. The highest BCUT2D eigenvalue weighted by Crippen LogP contribution is 2.40. The van der Waals surface area contributed by atoms with Gasteiger partial charge in [-0.1, -0.05) is 30.3 Å². The van der Waals surface area contributed by atoms with Crippen LogP contribution in [0.2, 0.25) is 0 Å². The third-order valence-corrected chi connectivity index (χ3v) is 8.58. The van der Waals surface area contributed by atoms with Gasteiger partial charge in [-0.2, -0.15) is 4.31 Å². The number of hydrogen-bond acceptors (Lipinski definition) is 5. The van der Waals surface area contributed by atoms with Crippen LogP contribution in [0.5, 0.6) is 5.75 Å². The number of fused-ring (bicyclic) bond motifs is 4. The number of benzene rings is 2. The van der Waals surface area contributed by atoms with Crippen molar-refractivity contribution in [1.82, 2.24) is 8.87 Å². The van der Waals surface area contributed by atoms with Crippen LogP contribution in [0.15, 0.2) is 76.4 Å². The number of methoxy groups -OCH3 is 1. The summed E-state index contributed by atoms with van der Waals surface area (Å²) in [6.45, 7) is 1.06. The van der Waals surface area contributed by atoms with Gasteiger partial charge in [0.1, 0.15) is 5.75 Å². The highest BCUT2D eigenvalue weighted by molar-refractivity contribution is 7.89. The number of aromatic nitrogens is 1. The van der Waals surface area contributed by atoms with E-state index in [1.807, 2.05) is 12.1 Å². The number of ether oxygens (including phenoxy) is 1. The molecular weight excluding hydrogens is 466 g/mol. The lowest BCUT2D eigenvalue weighted by molar-refractivity contribution is -0.115. The number of sulfonamides is 1. The summed E-state index contributed by atoms with van der Waals surface area (Å²) in [5, 5.41) is 2.96. The van der Waals surface area contributed by atoms with Gasteiger partial charge >= 0.3 is 0 Å². The van der Waals surface area contributed by atoms with E-state index in [-0.39, 0.29) is 41.2 Å². The molecule has 0 aliphatic carbocycles. The fraction of sp³-hybridized carbons (Fsp3) is 0.308. The first-order chi connectivity index (χ1) is 16.8. The van der Waals surface area contributed by atoms with Crippen LogP contribution < -0.4 is 15.6 Å². The van der Waals surface area contributed by atoms with E-state index in [1.54, 1.807) is 60.2 Å². The maximum Gasteiger partial charge on any atom is 0.250 e. The Hall–Kier alpha value is -3.43. The van der Waals surface area contributed by atoms with E-state index in [0.29, 0.717) is 30.2 Å². The van der Waals surface area contributed by atoms with Crippen molar-refractivity contribution in [2.45, 2.75) is 30.2 Å². The van der Waals surface area contributed by atoms with Crippen molar-refractivity contribution in [2.24, 2.45) is 5.92 Å². The van der Waals surface area contributed by atoms with Crippen LogP contribution in [0.25, 0.3) is 0 Å². The predicted octanol–water partition coefficient (Wildman–Crippen LogP) is 2.85. The molecule has 0 saturated carbocycles. The van der Waals surface area contributed by atoms with Gasteiger partial charge in [-0.15, -0.1) is 0 Å². The van der Waals surface area contributed by atoms with Crippen molar-refractivity contribution in [2.75, 3.05) is 25.5 Å². The van der Waals surface area contributed by atoms with Crippen molar-refractivity contribution in [3.8, 4) is 5.75 Å². The number of amides is 1. The molecule has 2 aromatic carbocycles. The lowest BCUT2D eigenvalue weighted by atomic mass is 9.83. The smallest absolute Gasteiger partial charge is 0.250 e. The fourth-order valence-corrected chi connectivity index (χ4v) is 6.72. The average molecular weight is 494 g/mol. The maximum atomic E-state index is 13.3. The molecule has 9 heteroatoms. The highest BCUT2D eigenvalue weighted by atomic mass is 32.2. The SMILES string of the molecule is COc1ccc(CC(=O)Nc2ccc(=O)n3c2[C@@H]2C[C@@H](CN(S(=O)(=O)c4ccccc4)C2)C3)cc1. The van der Waals surface area contributed by atoms with E-state index in [1.165, 1.54) is 10.4 Å².